The van der Waals surface area contributed by atoms with Crippen molar-refractivity contribution in [2.75, 3.05) is 30.9 Å². The summed E-state index contributed by atoms with van der Waals surface area (Å²) in [5.41, 5.74) is 0.899. The number of methoxy groups -OCH3 is 2. The maximum atomic E-state index is 12.6. The number of esters is 1. The van der Waals surface area contributed by atoms with Crippen molar-refractivity contribution in [1.82, 2.24) is 0 Å². The molecule has 0 unspecified atom stereocenters. The predicted octanol–water partition coefficient (Wildman–Crippen LogP) is 3.30. The van der Waals surface area contributed by atoms with Crippen molar-refractivity contribution in [3.63, 3.8) is 0 Å². The normalized spacial score (nSPS) is 10.7. The Hall–Kier alpha value is -4.05. The van der Waals surface area contributed by atoms with Crippen molar-refractivity contribution in [2.24, 2.45) is 0 Å². The van der Waals surface area contributed by atoms with E-state index in [9.17, 15) is 18.0 Å². The first-order chi connectivity index (χ1) is 15.8. The lowest BCUT2D eigenvalue weighted by atomic mass is 10.2. The molecule has 0 saturated carbocycles. The van der Waals surface area contributed by atoms with Crippen molar-refractivity contribution in [2.45, 2.75) is 4.90 Å². The molecule has 172 valence electrons. The van der Waals surface area contributed by atoms with Crippen LogP contribution in [0.5, 0.6) is 11.5 Å². The molecule has 0 atom stereocenters. The number of hydrogen-bond donors (Lipinski definition) is 2. The summed E-state index contributed by atoms with van der Waals surface area (Å²) in [5.74, 6) is -0.164. The van der Waals surface area contributed by atoms with Crippen LogP contribution in [0.4, 0.5) is 11.4 Å². The van der Waals surface area contributed by atoms with Crippen molar-refractivity contribution >= 4 is 33.3 Å². The number of hydrogen-bond acceptors (Lipinski definition) is 7. The van der Waals surface area contributed by atoms with Crippen LogP contribution in [0.25, 0.3) is 0 Å². The Balaban J connectivity index is 1.59. The number of benzene rings is 3. The minimum absolute atomic E-state index is 0.0297. The molecule has 2 N–H and O–H groups in total. The lowest BCUT2D eigenvalue weighted by molar-refractivity contribution is -0.118. The molecule has 0 aromatic heterocycles. The smallest absolute Gasteiger partial charge is 0.339 e. The Morgan fingerprint density at radius 2 is 1.48 bits per heavy atom. The molecule has 0 aliphatic rings. The Kier molecular flexibility index (Phi) is 7.52. The Morgan fingerprint density at radius 1 is 0.848 bits per heavy atom. The molecule has 0 heterocycles. The lowest BCUT2D eigenvalue weighted by Gasteiger charge is -2.11. The maximum Gasteiger partial charge on any atom is 0.339 e. The van der Waals surface area contributed by atoms with Crippen LogP contribution in [0.3, 0.4) is 0 Å². The topological polar surface area (TPSA) is 120 Å². The van der Waals surface area contributed by atoms with E-state index >= 15 is 0 Å². The van der Waals surface area contributed by atoms with Gasteiger partial charge in [0.1, 0.15) is 11.5 Å². The molecule has 9 nitrogen and oxygen atoms in total. The highest BCUT2D eigenvalue weighted by molar-refractivity contribution is 7.92. The third kappa shape index (κ3) is 6.23. The number of rotatable bonds is 9. The Morgan fingerprint density at radius 3 is 2.12 bits per heavy atom. The number of para-hydroxylation sites is 1. The van der Waals surface area contributed by atoms with Crippen molar-refractivity contribution in [3.8, 4) is 11.5 Å². The lowest BCUT2D eigenvalue weighted by Crippen LogP contribution is -2.21. The van der Waals surface area contributed by atoms with E-state index in [1.807, 2.05) is 0 Å². The van der Waals surface area contributed by atoms with E-state index in [0.29, 0.717) is 22.9 Å². The minimum Gasteiger partial charge on any atom is -0.497 e. The van der Waals surface area contributed by atoms with Gasteiger partial charge in [-0.15, -0.1) is 0 Å². The summed E-state index contributed by atoms with van der Waals surface area (Å²) in [6.07, 6.45) is 0. The molecule has 1 amide bonds. The van der Waals surface area contributed by atoms with Gasteiger partial charge < -0.3 is 19.5 Å². The van der Waals surface area contributed by atoms with Crippen LogP contribution in [0.1, 0.15) is 10.4 Å². The van der Waals surface area contributed by atoms with Crippen molar-refractivity contribution in [3.05, 3.63) is 78.4 Å². The molecular weight excluding hydrogens is 448 g/mol. The Bertz CT molecular complexity index is 1220. The largest absolute Gasteiger partial charge is 0.497 e. The fraction of sp³-hybridized carbons (Fsp3) is 0.130. The molecule has 0 fully saturated rings. The molecule has 0 bridgehead atoms. The molecule has 33 heavy (non-hydrogen) atoms. The van der Waals surface area contributed by atoms with Crippen LogP contribution >= 0.6 is 0 Å². The van der Waals surface area contributed by atoms with E-state index in [1.165, 1.54) is 44.6 Å². The van der Waals surface area contributed by atoms with Crippen LogP contribution in [-0.4, -0.2) is 41.1 Å². The quantitative estimate of drug-likeness (QED) is 0.461. The zero-order valence-corrected chi connectivity index (χ0v) is 18.7. The molecule has 10 heteroatoms. The predicted molar refractivity (Wildman–Crippen MR) is 122 cm³/mol. The van der Waals surface area contributed by atoms with Gasteiger partial charge in [0.2, 0.25) is 0 Å². The number of anilines is 2. The third-order valence-corrected chi connectivity index (χ3v) is 5.85. The first-order valence-electron chi connectivity index (χ1n) is 9.69. The van der Waals surface area contributed by atoms with Gasteiger partial charge in [-0.1, -0.05) is 12.1 Å². The first kappa shape index (κ1) is 23.6. The van der Waals surface area contributed by atoms with Gasteiger partial charge in [0, 0.05) is 5.69 Å². The third-order valence-electron chi connectivity index (χ3n) is 4.45. The highest BCUT2D eigenvalue weighted by Crippen LogP contribution is 2.21. The molecule has 3 aromatic rings. The standard InChI is InChI=1S/C23H22N2O7S/c1-30-17-9-7-16(8-10-17)25-33(28,29)19-13-11-18(12-14-19)32-15-22(26)24-21-6-4-3-5-20(21)23(27)31-2/h3-14,25H,15H2,1-2H3,(H,24,26). The SMILES string of the molecule is COC(=O)c1ccccc1NC(=O)COc1ccc(S(=O)(=O)Nc2ccc(OC)cc2)cc1. The summed E-state index contributed by atoms with van der Waals surface area (Å²) in [4.78, 5) is 24.0. The van der Waals surface area contributed by atoms with Gasteiger partial charge in [0.05, 0.1) is 30.4 Å². The van der Waals surface area contributed by atoms with Gasteiger partial charge in [-0.05, 0) is 60.7 Å². The van der Waals surface area contributed by atoms with Crippen molar-refractivity contribution in [1.29, 1.82) is 0 Å². The van der Waals surface area contributed by atoms with E-state index in [2.05, 4.69) is 10.0 Å². The number of ether oxygens (including phenoxy) is 3. The van der Waals surface area contributed by atoms with Gasteiger partial charge >= 0.3 is 5.97 Å². The van der Waals surface area contributed by atoms with E-state index in [-0.39, 0.29) is 17.1 Å². The number of nitrogens with one attached hydrogen (secondary N) is 2. The molecule has 3 aromatic carbocycles. The van der Waals surface area contributed by atoms with Gasteiger partial charge in [-0.3, -0.25) is 9.52 Å². The van der Waals surface area contributed by atoms with E-state index < -0.39 is 21.9 Å². The fourth-order valence-electron chi connectivity index (χ4n) is 2.80. The number of carbonyl (C=O) groups is 2. The highest BCUT2D eigenvalue weighted by atomic mass is 32.2. The van der Waals surface area contributed by atoms with Gasteiger partial charge in [0.25, 0.3) is 15.9 Å². The summed E-state index contributed by atoms with van der Waals surface area (Å²) in [7, 11) is -1.03. The summed E-state index contributed by atoms with van der Waals surface area (Å²) in [5, 5.41) is 2.59. The van der Waals surface area contributed by atoms with E-state index in [4.69, 9.17) is 14.2 Å². The molecule has 0 radical (unpaired) electrons. The molecular formula is C23H22N2O7S. The average molecular weight is 471 g/mol. The van der Waals surface area contributed by atoms with Gasteiger partial charge in [0.15, 0.2) is 6.61 Å². The van der Waals surface area contributed by atoms with Crippen LogP contribution < -0.4 is 19.5 Å². The molecule has 0 spiro atoms. The summed E-state index contributed by atoms with van der Waals surface area (Å²) < 4.78 is 42.8. The molecule has 0 saturated heterocycles. The maximum absolute atomic E-state index is 12.6. The number of carbonyl (C=O) groups excluding carboxylic acids is 2. The molecule has 3 rings (SSSR count). The second-order valence-corrected chi connectivity index (χ2v) is 8.36. The van der Waals surface area contributed by atoms with Crippen LogP contribution in [0.15, 0.2) is 77.7 Å². The number of amides is 1. The second kappa shape index (κ2) is 10.5. The second-order valence-electron chi connectivity index (χ2n) is 6.68. The zero-order valence-electron chi connectivity index (χ0n) is 17.9. The summed E-state index contributed by atoms with van der Waals surface area (Å²) in [6, 6.07) is 18.5. The van der Waals surface area contributed by atoms with Crippen molar-refractivity contribution < 1.29 is 32.2 Å². The highest BCUT2D eigenvalue weighted by Gasteiger charge is 2.16. The van der Waals surface area contributed by atoms with Crippen LogP contribution in [0, 0.1) is 0 Å². The molecule has 0 aliphatic carbocycles. The molecule has 0 aliphatic heterocycles. The monoisotopic (exact) mass is 470 g/mol. The first-order valence-corrected chi connectivity index (χ1v) is 11.2. The fourth-order valence-corrected chi connectivity index (χ4v) is 3.86. The van der Waals surface area contributed by atoms with E-state index in [1.54, 1.807) is 42.5 Å². The zero-order chi connectivity index (χ0) is 23.8. The van der Waals surface area contributed by atoms with Crippen LogP contribution in [0.2, 0.25) is 0 Å². The minimum atomic E-state index is -3.81. The van der Waals surface area contributed by atoms with E-state index in [0.717, 1.165) is 0 Å². The van der Waals surface area contributed by atoms with Crippen LogP contribution in [-0.2, 0) is 19.6 Å². The summed E-state index contributed by atoms with van der Waals surface area (Å²) >= 11 is 0. The Labute approximate surface area is 191 Å². The van der Waals surface area contributed by atoms with Gasteiger partial charge in [-0.25, -0.2) is 13.2 Å². The summed E-state index contributed by atoms with van der Waals surface area (Å²) in [6.45, 7) is -0.342. The average Bonchev–Trinajstić information content (AvgIpc) is 2.83. The number of sulfonamides is 1. The van der Waals surface area contributed by atoms with Gasteiger partial charge in [-0.2, -0.15) is 0 Å².